The number of carbonyl (C=O) groups excluding carboxylic acids is 1. The summed E-state index contributed by atoms with van der Waals surface area (Å²) in [5.41, 5.74) is 0.705. The largest absolute Gasteiger partial charge is 0.495 e. The van der Waals surface area contributed by atoms with E-state index >= 15 is 0 Å². The molecule has 0 bridgehead atoms. The van der Waals surface area contributed by atoms with Crippen LogP contribution in [0.2, 0.25) is 0 Å². The Morgan fingerprint density at radius 1 is 1.00 bits per heavy atom. The summed E-state index contributed by atoms with van der Waals surface area (Å²) in [7, 11) is 2.08. The SMILES string of the molecule is CC(C)CCCC(C)C1CCC2C3C(CC[C@]12C)[C@@]1(C)CCC(=O)N(C)[C@@H]1C[C@@H]3OC1=CCCCC1. The van der Waals surface area contributed by atoms with Gasteiger partial charge in [0, 0.05) is 38.3 Å². The Labute approximate surface area is 222 Å². The van der Waals surface area contributed by atoms with Crippen molar-refractivity contribution in [1.29, 1.82) is 0 Å². The molecule has 3 heteroatoms. The van der Waals surface area contributed by atoms with Gasteiger partial charge in [0.2, 0.25) is 5.91 Å². The maximum absolute atomic E-state index is 12.8. The Morgan fingerprint density at radius 2 is 1.78 bits per heavy atom. The van der Waals surface area contributed by atoms with E-state index in [4.69, 9.17) is 4.74 Å². The van der Waals surface area contributed by atoms with Crippen LogP contribution in [0.5, 0.6) is 0 Å². The minimum Gasteiger partial charge on any atom is -0.495 e. The molecule has 204 valence electrons. The highest BCUT2D eigenvalue weighted by atomic mass is 16.5. The number of rotatable bonds is 7. The summed E-state index contributed by atoms with van der Waals surface area (Å²) < 4.78 is 7.04. The van der Waals surface area contributed by atoms with E-state index in [1.807, 2.05) is 0 Å². The Kier molecular flexibility index (Phi) is 7.61. The number of nitrogens with zero attached hydrogens (tertiary/aromatic N) is 1. The number of carbonyl (C=O) groups is 1. The van der Waals surface area contributed by atoms with Gasteiger partial charge in [-0.2, -0.15) is 0 Å². The van der Waals surface area contributed by atoms with Crippen molar-refractivity contribution in [1.82, 2.24) is 4.90 Å². The fourth-order valence-electron chi connectivity index (χ4n) is 10.3. The van der Waals surface area contributed by atoms with E-state index < -0.39 is 0 Å². The molecule has 0 N–H and O–H groups in total. The Morgan fingerprint density at radius 3 is 2.50 bits per heavy atom. The fraction of sp³-hybridized carbons (Fsp3) is 0.909. The Hall–Kier alpha value is -0.990. The zero-order valence-corrected chi connectivity index (χ0v) is 24.4. The Bertz CT molecular complexity index is 834. The van der Waals surface area contributed by atoms with E-state index in [1.165, 1.54) is 70.0 Å². The summed E-state index contributed by atoms with van der Waals surface area (Å²) in [4.78, 5) is 14.9. The lowest BCUT2D eigenvalue weighted by Gasteiger charge is -2.63. The molecule has 0 aromatic carbocycles. The van der Waals surface area contributed by atoms with Gasteiger partial charge >= 0.3 is 0 Å². The van der Waals surface area contributed by atoms with Crippen molar-refractivity contribution in [3.8, 4) is 0 Å². The molecule has 1 heterocycles. The van der Waals surface area contributed by atoms with Crippen molar-refractivity contribution >= 4 is 5.91 Å². The second-order valence-corrected chi connectivity index (χ2v) is 14.7. The molecular weight excluding hydrogens is 442 g/mol. The van der Waals surface area contributed by atoms with E-state index in [0.29, 0.717) is 29.2 Å². The number of piperidine rings is 1. The zero-order chi connectivity index (χ0) is 25.7. The van der Waals surface area contributed by atoms with Crippen LogP contribution in [0, 0.1) is 46.3 Å². The van der Waals surface area contributed by atoms with E-state index in [0.717, 1.165) is 49.4 Å². The maximum atomic E-state index is 12.8. The summed E-state index contributed by atoms with van der Waals surface area (Å²) in [6.45, 7) is 12.6. The van der Waals surface area contributed by atoms with Crippen LogP contribution in [0.1, 0.15) is 125 Å². The molecule has 0 radical (unpaired) electrons. The van der Waals surface area contributed by atoms with Gasteiger partial charge in [-0.05, 0) is 97.9 Å². The first-order valence-corrected chi connectivity index (χ1v) is 15.8. The van der Waals surface area contributed by atoms with Crippen LogP contribution in [0.3, 0.4) is 0 Å². The third-order valence-corrected chi connectivity index (χ3v) is 12.3. The molecule has 3 saturated carbocycles. The molecule has 1 amide bonds. The summed E-state index contributed by atoms with van der Waals surface area (Å²) in [5.74, 6) is 6.26. The summed E-state index contributed by atoms with van der Waals surface area (Å²) in [6, 6.07) is 0.339. The lowest BCUT2D eigenvalue weighted by molar-refractivity contribution is -0.184. The number of hydrogen-bond donors (Lipinski definition) is 0. The molecule has 1 saturated heterocycles. The number of amides is 1. The van der Waals surface area contributed by atoms with Crippen LogP contribution in [-0.4, -0.2) is 30.0 Å². The number of fused-ring (bicyclic) bond motifs is 5. The first-order valence-electron chi connectivity index (χ1n) is 15.8. The highest BCUT2D eigenvalue weighted by Gasteiger charge is 2.64. The summed E-state index contributed by atoms with van der Waals surface area (Å²) in [6.07, 6.45) is 20.1. The number of hydrogen-bond acceptors (Lipinski definition) is 2. The molecule has 4 aliphatic carbocycles. The summed E-state index contributed by atoms with van der Waals surface area (Å²) in [5, 5.41) is 0. The smallest absolute Gasteiger partial charge is 0.222 e. The average molecular weight is 498 g/mol. The van der Waals surface area contributed by atoms with Crippen LogP contribution in [-0.2, 0) is 9.53 Å². The molecule has 5 unspecified atom stereocenters. The second-order valence-electron chi connectivity index (χ2n) is 14.7. The van der Waals surface area contributed by atoms with Gasteiger partial charge in [0.1, 0.15) is 6.10 Å². The summed E-state index contributed by atoms with van der Waals surface area (Å²) >= 11 is 0. The van der Waals surface area contributed by atoms with Gasteiger partial charge in [0.15, 0.2) is 0 Å². The zero-order valence-electron chi connectivity index (χ0n) is 24.4. The van der Waals surface area contributed by atoms with Crippen LogP contribution < -0.4 is 0 Å². The van der Waals surface area contributed by atoms with Gasteiger partial charge in [-0.25, -0.2) is 0 Å². The number of allylic oxidation sites excluding steroid dienone is 2. The normalized spacial score (nSPS) is 43.5. The lowest BCUT2D eigenvalue weighted by atomic mass is 9.45. The predicted molar refractivity (Wildman–Crippen MR) is 148 cm³/mol. The number of likely N-dealkylation sites (tertiary alicyclic amines) is 1. The molecule has 0 spiro atoms. The minimum atomic E-state index is 0.246. The van der Waals surface area contributed by atoms with E-state index in [-0.39, 0.29) is 11.5 Å². The molecule has 9 atom stereocenters. The van der Waals surface area contributed by atoms with Crippen molar-refractivity contribution in [2.24, 2.45) is 46.3 Å². The molecule has 5 rings (SSSR count). The van der Waals surface area contributed by atoms with E-state index in [1.54, 1.807) is 0 Å². The maximum Gasteiger partial charge on any atom is 0.222 e. The highest BCUT2D eigenvalue weighted by molar-refractivity contribution is 5.77. The second kappa shape index (κ2) is 10.3. The highest BCUT2D eigenvalue weighted by Crippen LogP contribution is 2.67. The topological polar surface area (TPSA) is 29.5 Å². The van der Waals surface area contributed by atoms with E-state index in [9.17, 15) is 4.79 Å². The molecule has 0 aromatic rings. The van der Waals surface area contributed by atoms with E-state index in [2.05, 4.69) is 52.6 Å². The third kappa shape index (κ3) is 4.57. The van der Waals surface area contributed by atoms with Crippen molar-refractivity contribution < 1.29 is 9.53 Å². The van der Waals surface area contributed by atoms with Crippen LogP contribution in [0.15, 0.2) is 11.8 Å². The average Bonchev–Trinajstić information content (AvgIpc) is 3.20. The van der Waals surface area contributed by atoms with Gasteiger partial charge in [0.25, 0.3) is 0 Å². The van der Waals surface area contributed by atoms with Gasteiger partial charge in [-0.1, -0.05) is 53.9 Å². The Balaban J connectivity index is 1.42. The fourth-order valence-corrected chi connectivity index (χ4v) is 10.3. The third-order valence-electron chi connectivity index (χ3n) is 12.3. The molecule has 4 fully saturated rings. The van der Waals surface area contributed by atoms with Gasteiger partial charge in [-0.3, -0.25) is 4.79 Å². The van der Waals surface area contributed by atoms with Crippen molar-refractivity contribution in [2.75, 3.05) is 7.05 Å². The van der Waals surface area contributed by atoms with Crippen molar-refractivity contribution in [3.05, 3.63) is 11.8 Å². The molecule has 36 heavy (non-hydrogen) atoms. The quantitative estimate of drug-likeness (QED) is 0.353. The van der Waals surface area contributed by atoms with Gasteiger partial charge < -0.3 is 9.64 Å². The monoisotopic (exact) mass is 497 g/mol. The molecule has 3 nitrogen and oxygen atoms in total. The first kappa shape index (κ1) is 26.6. The predicted octanol–water partition coefficient (Wildman–Crippen LogP) is 8.38. The minimum absolute atomic E-state index is 0.246. The molecule has 1 aliphatic heterocycles. The molecular formula is C33H55NO2. The van der Waals surface area contributed by atoms with Crippen LogP contribution >= 0.6 is 0 Å². The van der Waals surface area contributed by atoms with Crippen LogP contribution in [0.4, 0.5) is 0 Å². The number of ether oxygens (including phenoxy) is 1. The lowest BCUT2D eigenvalue weighted by Crippen LogP contribution is -2.65. The standard InChI is InChI=1S/C33H55NO2/c1-22(2)11-10-12-23(3)25-15-16-26-31-27(17-19-32(25,26)4)33(5)20-18-30(35)34(6)29(33)21-28(31)36-24-13-8-7-9-14-24/h13,22-23,25-29,31H,7-12,14-21H2,1-6H3/t23?,25?,26?,27?,28-,29+,31?,32+,33+/m0/s1. The first-order chi connectivity index (χ1) is 17.1. The molecule has 0 aromatic heterocycles. The van der Waals surface area contributed by atoms with Crippen molar-refractivity contribution in [3.63, 3.8) is 0 Å². The van der Waals surface area contributed by atoms with Gasteiger partial charge in [0.05, 0.1) is 5.76 Å². The van der Waals surface area contributed by atoms with Crippen LogP contribution in [0.25, 0.3) is 0 Å². The molecule has 5 aliphatic rings. The van der Waals surface area contributed by atoms with Gasteiger partial charge in [-0.15, -0.1) is 0 Å². The van der Waals surface area contributed by atoms with Crippen molar-refractivity contribution in [2.45, 2.75) is 137 Å².